The first-order valence-corrected chi connectivity index (χ1v) is 5.63. The van der Waals surface area contributed by atoms with Crippen molar-refractivity contribution < 1.29 is 13.5 Å². The molecule has 0 aromatic heterocycles. The molecule has 1 rings (SSSR count). The molecule has 72 valence electrons. The third-order valence-electron chi connectivity index (χ3n) is 1.56. The number of hydrogen-bond acceptors (Lipinski definition) is 3. The van der Waals surface area contributed by atoms with Crippen LogP contribution in [-0.2, 0) is 9.84 Å². The van der Waals surface area contributed by atoms with Crippen LogP contribution in [0.1, 0.15) is 6.92 Å². The molecule has 0 fully saturated rings. The number of rotatable bonds is 3. The minimum atomic E-state index is -3.31. The van der Waals surface area contributed by atoms with Gasteiger partial charge in [0.2, 0.25) is 0 Å². The van der Waals surface area contributed by atoms with Gasteiger partial charge in [-0.1, -0.05) is 18.2 Å². The Bertz CT molecular complexity index is 354. The van der Waals surface area contributed by atoms with E-state index in [1.165, 1.54) is 19.1 Å². The molecule has 1 aromatic rings. The zero-order valence-electron chi connectivity index (χ0n) is 7.34. The van der Waals surface area contributed by atoms with Crippen molar-refractivity contribution in [1.82, 2.24) is 0 Å². The van der Waals surface area contributed by atoms with Crippen molar-refractivity contribution in [3.05, 3.63) is 30.3 Å². The van der Waals surface area contributed by atoms with Gasteiger partial charge in [0.15, 0.2) is 9.84 Å². The third-order valence-corrected chi connectivity index (χ3v) is 3.47. The van der Waals surface area contributed by atoms with Crippen LogP contribution in [-0.4, -0.2) is 25.4 Å². The Morgan fingerprint density at radius 2 is 1.85 bits per heavy atom. The van der Waals surface area contributed by atoms with Gasteiger partial charge in [-0.2, -0.15) is 0 Å². The van der Waals surface area contributed by atoms with Gasteiger partial charge in [0, 0.05) is 0 Å². The van der Waals surface area contributed by atoms with Gasteiger partial charge in [0.05, 0.1) is 16.8 Å². The molecule has 0 aliphatic heterocycles. The van der Waals surface area contributed by atoms with Gasteiger partial charge < -0.3 is 5.11 Å². The van der Waals surface area contributed by atoms with Gasteiger partial charge in [-0.05, 0) is 19.1 Å². The average molecular weight is 200 g/mol. The number of hydrogen-bond donors (Lipinski definition) is 1. The normalized spacial score (nSPS) is 14.0. The number of aliphatic hydroxyl groups is 1. The second-order valence-electron chi connectivity index (χ2n) is 2.94. The van der Waals surface area contributed by atoms with Crippen LogP contribution in [0.5, 0.6) is 0 Å². The van der Waals surface area contributed by atoms with Gasteiger partial charge in [-0.3, -0.25) is 0 Å². The standard InChI is InChI=1S/C9H12O3S/c1-8(10)7-13(11,12)9-5-3-2-4-6-9/h2-6,8,10H,7H2,1H3/t8-/m0/s1. The summed E-state index contributed by atoms with van der Waals surface area (Å²) in [4.78, 5) is 0.260. The Labute approximate surface area is 77.9 Å². The van der Waals surface area contributed by atoms with Crippen molar-refractivity contribution in [2.24, 2.45) is 0 Å². The van der Waals surface area contributed by atoms with Crippen molar-refractivity contribution in [3.63, 3.8) is 0 Å². The van der Waals surface area contributed by atoms with Gasteiger partial charge in [0.25, 0.3) is 0 Å². The highest BCUT2D eigenvalue weighted by Crippen LogP contribution is 2.10. The lowest BCUT2D eigenvalue weighted by atomic mass is 10.4. The Morgan fingerprint density at radius 3 is 2.31 bits per heavy atom. The molecular formula is C9H12O3S. The first-order valence-electron chi connectivity index (χ1n) is 3.98. The van der Waals surface area contributed by atoms with E-state index in [0.717, 1.165) is 0 Å². The maximum atomic E-state index is 11.5. The van der Waals surface area contributed by atoms with Crippen molar-refractivity contribution in [2.45, 2.75) is 17.9 Å². The van der Waals surface area contributed by atoms with E-state index in [9.17, 15) is 8.42 Å². The summed E-state index contributed by atoms with van der Waals surface area (Å²) in [6.07, 6.45) is -0.829. The Balaban J connectivity index is 2.96. The van der Waals surface area contributed by atoms with E-state index >= 15 is 0 Å². The zero-order valence-corrected chi connectivity index (χ0v) is 8.16. The SMILES string of the molecule is C[C@H](O)CS(=O)(=O)c1ccccc1. The van der Waals surface area contributed by atoms with Gasteiger partial charge >= 0.3 is 0 Å². The molecule has 0 spiro atoms. The molecule has 0 radical (unpaired) electrons. The predicted octanol–water partition coefficient (Wildman–Crippen LogP) is 0.841. The largest absolute Gasteiger partial charge is 0.392 e. The number of sulfone groups is 1. The van der Waals surface area contributed by atoms with Crippen LogP contribution in [0.2, 0.25) is 0 Å². The zero-order chi connectivity index (χ0) is 9.90. The quantitative estimate of drug-likeness (QED) is 0.786. The lowest BCUT2D eigenvalue weighted by molar-refractivity contribution is 0.218. The predicted molar refractivity (Wildman–Crippen MR) is 50.2 cm³/mol. The van der Waals surface area contributed by atoms with E-state index in [2.05, 4.69) is 0 Å². The molecule has 0 heterocycles. The topological polar surface area (TPSA) is 54.4 Å². The van der Waals surface area contributed by atoms with Crippen LogP contribution in [0.25, 0.3) is 0 Å². The fourth-order valence-corrected chi connectivity index (χ4v) is 2.44. The molecule has 0 amide bonds. The van der Waals surface area contributed by atoms with E-state index in [1.54, 1.807) is 18.2 Å². The molecule has 0 aliphatic carbocycles. The van der Waals surface area contributed by atoms with Crippen molar-refractivity contribution in [1.29, 1.82) is 0 Å². The highest BCUT2D eigenvalue weighted by Gasteiger charge is 2.15. The summed E-state index contributed by atoms with van der Waals surface area (Å²) in [5.74, 6) is -0.225. The molecule has 0 saturated carbocycles. The molecule has 1 aromatic carbocycles. The molecule has 0 saturated heterocycles. The van der Waals surface area contributed by atoms with Gasteiger partial charge in [-0.15, -0.1) is 0 Å². The summed E-state index contributed by atoms with van der Waals surface area (Å²) >= 11 is 0. The number of aliphatic hydroxyl groups excluding tert-OH is 1. The summed E-state index contributed by atoms with van der Waals surface area (Å²) in [5.41, 5.74) is 0. The van der Waals surface area contributed by atoms with Crippen molar-refractivity contribution in [3.8, 4) is 0 Å². The summed E-state index contributed by atoms with van der Waals surface area (Å²) in [6.45, 7) is 1.46. The third kappa shape index (κ3) is 2.82. The smallest absolute Gasteiger partial charge is 0.180 e. The minimum absolute atomic E-state index is 0.225. The molecule has 0 unspecified atom stereocenters. The molecule has 0 bridgehead atoms. The molecule has 3 nitrogen and oxygen atoms in total. The molecule has 1 atom stereocenters. The highest BCUT2D eigenvalue weighted by atomic mass is 32.2. The van der Waals surface area contributed by atoms with Crippen LogP contribution >= 0.6 is 0 Å². The van der Waals surface area contributed by atoms with Crippen LogP contribution in [0.3, 0.4) is 0 Å². The van der Waals surface area contributed by atoms with Crippen molar-refractivity contribution in [2.75, 3.05) is 5.75 Å². The maximum Gasteiger partial charge on any atom is 0.180 e. The maximum absolute atomic E-state index is 11.5. The molecular weight excluding hydrogens is 188 g/mol. The fraction of sp³-hybridized carbons (Fsp3) is 0.333. The van der Waals surface area contributed by atoms with E-state index in [4.69, 9.17) is 5.11 Å². The Hall–Kier alpha value is -0.870. The lowest BCUT2D eigenvalue weighted by Crippen LogP contribution is -2.17. The van der Waals surface area contributed by atoms with Gasteiger partial charge in [0.1, 0.15) is 0 Å². The second-order valence-corrected chi connectivity index (χ2v) is 4.98. The lowest BCUT2D eigenvalue weighted by Gasteiger charge is -2.05. The van der Waals surface area contributed by atoms with Crippen LogP contribution in [0, 0.1) is 0 Å². The first kappa shape index (κ1) is 10.2. The van der Waals surface area contributed by atoms with E-state index in [1.807, 2.05) is 0 Å². The molecule has 13 heavy (non-hydrogen) atoms. The minimum Gasteiger partial charge on any atom is -0.392 e. The molecule has 0 aliphatic rings. The summed E-state index contributed by atoms with van der Waals surface area (Å²) in [7, 11) is -3.31. The fourth-order valence-electron chi connectivity index (χ4n) is 1.04. The summed E-state index contributed by atoms with van der Waals surface area (Å²) in [5, 5.41) is 8.97. The van der Waals surface area contributed by atoms with E-state index in [0.29, 0.717) is 0 Å². The van der Waals surface area contributed by atoms with E-state index in [-0.39, 0.29) is 10.6 Å². The summed E-state index contributed by atoms with van der Waals surface area (Å²) in [6, 6.07) is 8.13. The molecule has 4 heteroatoms. The van der Waals surface area contributed by atoms with Crippen molar-refractivity contribution >= 4 is 9.84 Å². The van der Waals surface area contributed by atoms with Crippen LogP contribution < -0.4 is 0 Å². The number of benzene rings is 1. The van der Waals surface area contributed by atoms with Crippen LogP contribution in [0.4, 0.5) is 0 Å². The molecule has 1 N–H and O–H groups in total. The second kappa shape index (κ2) is 3.89. The highest BCUT2D eigenvalue weighted by molar-refractivity contribution is 7.91. The van der Waals surface area contributed by atoms with E-state index < -0.39 is 15.9 Å². The first-order chi connectivity index (χ1) is 6.02. The van der Waals surface area contributed by atoms with Crippen LogP contribution in [0.15, 0.2) is 35.2 Å². The Morgan fingerprint density at radius 1 is 1.31 bits per heavy atom. The Kier molecular flexibility index (Phi) is 3.06. The van der Waals surface area contributed by atoms with Gasteiger partial charge in [-0.25, -0.2) is 8.42 Å². The summed E-state index contributed by atoms with van der Waals surface area (Å²) < 4.78 is 23.0. The monoisotopic (exact) mass is 200 g/mol. The average Bonchev–Trinajstić information content (AvgIpc) is 2.04.